The molecule has 0 unspecified atom stereocenters. The number of carbonyl (C=O) groups is 2. The number of hydrogen-bond donors (Lipinski definition) is 0. The molecule has 0 aliphatic rings. The van der Waals surface area contributed by atoms with Gasteiger partial charge in [-0.2, -0.15) is 0 Å². The van der Waals surface area contributed by atoms with Crippen molar-refractivity contribution in [3.63, 3.8) is 0 Å². The molecule has 0 aliphatic carbocycles. The Morgan fingerprint density at radius 1 is 1.10 bits per heavy atom. The Hall–Kier alpha value is -2.50. The molecule has 2 aromatic carbocycles. The number of hydrogen-bond acceptors (Lipinski definition) is 4. The molecule has 0 atom stereocenters. The van der Waals surface area contributed by atoms with E-state index in [0.29, 0.717) is 44.7 Å². The van der Waals surface area contributed by atoms with E-state index in [1.165, 1.54) is 7.11 Å². The molecule has 1 aromatic heterocycles. The van der Waals surface area contributed by atoms with Crippen molar-refractivity contribution in [3.05, 3.63) is 63.3 Å². The Morgan fingerprint density at radius 3 is 2.43 bits per heavy atom. The maximum atomic E-state index is 13.3. The van der Waals surface area contributed by atoms with E-state index in [1.807, 2.05) is 13.8 Å². The van der Waals surface area contributed by atoms with Crippen LogP contribution in [0.4, 0.5) is 0 Å². The fourth-order valence-electron chi connectivity index (χ4n) is 3.37. The zero-order chi connectivity index (χ0) is 21.8. The van der Waals surface area contributed by atoms with E-state index in [2.05, 4.69) is 0 Å². The summed E-state index contributed by atoms with van der Waals surface area (Å²) in [6.45, 7) is 4.22. The fraction of sp³-hybridized carbons (Fsp3) is 0.304. The fourth-order valence-corrected chi connectivity index (χ4v) is 3.73. The van der Waals surface area contributed by atoms with Gasteiger partial charge in [0.15, 0.2) is 0 Å². The first-order chi connectivity index (χ1) is 14.4. The molecule has 0 saturated heterocycles. The zero-order valence-electron chi connectivity index (χ0n) is 17.1. The van der Waals surface area contributed by atoms with Crippen LogP contribution in [0.1, 0.15) is 41.4 Å². The number of halogens is 2. The van der Waals surface area contributed by atoms with Crippen LogP contribution in [0, 0.1) is 6.92 Å². The number of methoxy groups -OCH3 is 1. The van der Waals surface area contributed by atoms with Gasteiger partial charge in [0.2, 0.25) is 0 Å². The topological polar surface area (TPSA) is 57.5 Å². The highest BCUT2D eigenvalue weighted by Gasteiger charge is 2.23. The average Bonchev–Trinajstić information content (AvgIpc) is 2.98. The molecule has 5 nitrogen and oxygen atoms in total. The molecule has 0 amide bonds. The van der Waals surface area contributed by atoms with Crippen LogP contribution in [0.3, 0.4) is 0 Å². The van der Waals surface area contributed by atoms with Crippen molar-refractivity contribution in [3.8, 4) is 5.75 Å². The number of aromatic nitrogens is 1. The van der Waals surface area contributed by atoms with Crippen molar-refractivity contribution >= 4 is 46.0 Å². The van der Waals surface area contributed by atoms with Crippen LogP contribution >= 0.6 is 23.2 Å². The summed E-state index contributed by atoms with van der Waals surface area (Å²) in [7, 11) is 1.52. The van der Waals surface area contributed by atoms with Gasteiger partial charge in [0.1, 0.15) is 5.75 Å². The predicted octanol–water partition coefficient (Wildman–Crippen LogP) is 5.84. The number of unbranched alkanes of at least 4 members (excludes halogenated alkanes) is 1. The van der Waals surface area contributed by atoms with Crippen molar-refractivity contribution in [2.45, 2.75) is 33.1 Å². The summed E-state index contributed by atoms with van der Waals surface area (Å²) in [5.41, 5.74) is 2.45. The highest BCUT2D eigenvalue weighted by Crippen LogP contribution is 2.35. The second kappa shape index (κ2) is 9.54. The van der Waals surface area contributed by atoms with Crippen molar-refractivity contribution < 1.29 is 19.1 Å². The summed E-state index contributed by atoms with van der Waals surface area (Å²) < 4.78 is 12.2. The minimum Gasteiger partial charge on any atom is -0.495 e. The van der Waals surface area contributed by atoms with Gasteiger partial charge in [-0.3, -0.25) is 14.2 Å². The van der Waals surface area contributed by atoms with Crippen molar-refractivity contribution in [1.29, 1.82) is 0 Å². The lowest BCUT2D eigenvalue weighted by Crippen LogP contribution is -2.14. The summed E-state index contributed by atoms with van der Waals surface area (Å²) in [5, 5.41) is 1.65. The van der Waals surface area contributed by atoms with Crippen molar-refractivity contribution in [2.24, 2.45) is 0 Å². The van der Waals surface area contributed by atoms with Crippen molar-refractivity contribution in [2.75, 3.05) is 13.7 Å². The molecule has 3 rings (SSSR count). The Bertz CT molecular complexity index is 1090. The molecule has 0 N–H and O–H groups in total. The molecule has 0 radical (unpaired) electrons. The van der Waals surface area contributed by atoms with Gasteiger partial charge >= 0.3 is 5.97 Å². The summed E-state index contributed by atoms with van der Waals surface area (Å²) in [6, 6.07) is 10.1. The standard InChI is InChI=1S/C23H23Cl2NO4/c1-4-5-10-30-22(27)12-17-14(2)26(23(28)15-6-8-16(24)9-7-15)20-13-19(25)21(29-3)11-18(17)20/h6-9,11,13H,4-5,10,12H2,1-3H3. The molecular weight excluding hydrogens is 425 g/mol. The van der Waals surface area contributed by atoms with E-state index in [1.54, 1.807) is 41.0 Å². The molecule has 0 spiro atoms. The molecule has 1 heterocycles. The number of carbonyl (C=O) groups excluding carboxylic acids is 2. The third-order valence-electron chi connectivity index (χ3n) is 4.98. The predicted molar refractivity (Wildman–Crippen MR) is 119 cm³/mol. The Balaban J connectivity index is 2.11. The zero-order valence-corrected chi connectivity index (χ0v) is 18.6. The Kier molecular flexibility index (Phi) is 7.06. The molecular formula is C23H23Cl2NO4. The summed E-state index contributed by atoms with van der Waals surface area (Å²) in [4.78, 5) is 25.7. The van der Waals surface area contributed by atoms with Crippen LogP contribution in [-0.2, 0) is 16.0 Å². The average molecular weight is 448 g/mol. The number of nitrogens with zero attached hydrogens (tertiary/aromatic N) is 1. The minimum atomic E-state index is -0.335. The highest BCUT2D eigenvalue weighted by atomic mass is 35.5. The lowest BCUT2D eigenvalue weighted by molar-refractivity contribution is -0.142. The van der Waals surface area contributed by atoms with Crippen LogP contribution in [0.2, 0.25) is 10.0 Å². The number of ether oxygens (including phenoxy) is 2. The van der Waals surface area contributed by atoms with Crippen LogP contribution in [0.5, 0.6) is 5.75 Å². The van der Waals surface area contributed by atoms with Crippen LogP contribution in [0.15, 0.2) is 36.4 Å². The molecule has 0 bridgehead atoms. The van der Waals surface area contributed by atoms with E-state index in [9.17, 15) is 9.59 Å². The van der Waals surface area contributed by atoms with Gasteiger partial charge in [0.25, 0.3) is 5.91 Å². The van der Waals surface area contributed by atoms with Crippen molar-refractivity contribution in [1.82, 2.24) is 4.57 Å². The van der Waals surface area contributed by atoms with E-state index >= 15 is 0 Å². The van der Waals surface area contributed by atoms with Crippen LogP contribution in [0.25, 0.3) is 10.9 Å². The lowest BCUT2D eigenvalue weighted by Gasteiger charge is -2.09. The maximum absolute atomic E-state index is 13.3. The van der Waals surface area contributed by atoms with E-state index in [4.69, 9.17) is 32.7 Å². The monoisotopic (exact) mass is 447 g/mol. The number of fused-ring (bicyclic) bond motifs is 1. The van der Waals surface area contributed by atoms with E-state index in [0.717, 1.165) is 18.2 Å². The summed E-state index contributed by atoms with van der Waals surface area (Å²) in [6.07, 6.45) is 1.81. The minimum absolute atomic E-state index is 0.0533. The van der Waals surface area contributed by atoms with Crippen LogP contribution < -0.4 is 4.74 Å². The van der Waals surface area contributed by atoms with Gasteiger partial charge < -0.3 is 9.47 Å². The number of esters is 1. The third kappa shape index (κ3) is 4.47. The summed E-state index contributed by atoms with van der Waals surface area (Å²) in [5.74, 6) is -0.0969. The molecule has 158 valence electrons. The quantitative estimate of drug-likeness (QED) is 0.337. The SMILES string of the molecule is CCCCOC(=O)Cc1c(C)n(C(=O)c2ccc(Cl)cc2)c2cc(Cl)c(OC)cc12. The first-order valence-corrected chi connectivity index (χ1v) is 10.5. The largest absolute Gasteiger partial charge is 0.495 e. The Labute approximate surface area is 185 Å². The van der Waals surface area contributed by atoms with Gasteiger partial charge in [-0.1, -0.05) is 36.5 Å². The third-order valence-corrected chi connectivity index (χ3v) is 5.53. The van der Waals surface area contributed by atoms with E-state index < -0.39 is 0 Å². The van der Waals surface area contributed by atoms with Gasteiger partial charge in [-0.05, 0) is 55.3 Å². The lowest BCUT2D eigenvalue weighted by atomic mass is 10.1. The highest BCUT2D eigenvalue weighted by molar-refractivity contribution is 6.33. The first kappa shape index (κ1) is 22.2. The first-order valence-electron chi connectivity index (χ1n) is 9.70. The second-order valence-corrected chi connectivity index (χ2v) is 7.81. The molecule has 30 heavy (non-hydrogen) atoms. The van der Waals surface area contributed by atoms with Gasteiger partial charge in [0, 0.05) is 21.7 Å². The number of rotatable bonds is 7. The molecule has 0 fully saturated rings. The van der Waals surface area contributed by atoms with Gasteiger partial charge in [-0.25, -0.2) is 0 Å². The maximum Gasteiger partial charge on any atom is 0.310 e. The van der Waals surface area contributed by atoms with E-state index in [-0.39, 0.29) is 18.3 Å². The Morgan fingerprint density at radius 2 is 1.80 bits per heavy atom. The van der Waals surface area contributed by atoms with Gasteiger partial charge in [0.05, 0.1) is 30.7 Å². The molecule has 0 aliphatic heterocycles. The van der Waals surface area contributed by atoms with Gasteiger partial charge in [-0.15, -0.1) is 0 Å². The molecule has 0 saturated carbocycles. The van der Waals surface area contributed by atoms with Crippen LogP contribution in [-0.4, -0.2) is 30.2 Å². The summed E-state index contributed by atoms with van der Waals surface area (Å²) >= 11 is 12.3. The number of benzene rings is 2. The molecule has 7 heteroatoms. The smallest absolute Gasteiger partial charge is 0.310 e. The second-order valence-electron chi connectivity index (χ2n) is 6.97. The molecule has 3 aromatic rings. The normalized spacial score (nSPS) is 11.0.